The third kappa shape index (κ3) is 10.4. The van der Waals surface area contributed by atoms with Gasteiger partial charge in [-0.05, 0) is 36.4 Å². The van der Waals surface area contributed by atoms with Gasteiger partial charge in [-0.25, -0.2) is 18.3 Å². The van der Waals surface area contributed by atoms with E-state index in [0.717, 1.165) is 0 Å². The van der Waals surface area contributed by atoms with E-state index >= 15 is 0 Å². The minimum Gasteiger partial charge on any atom is -0.403 e. The van der Waals surface area contributed by atoms with Crippen molar-refractivity contribution in [3.63, 3.8) is 0 Å². The quantitative estimate of drug-likeness (QED) is 0.158. The first-order valence-corrected chi connectivity index (χ1v) is 15.3. The van der Waals surface area contributed by atoms with E-state index in [9.17, 15) is 23.2 Å². The molecule has 3 aromatic rings. The van der Waals surface area contributed by atoms with Crippen molar-refractivity contribution in [2.24, 2.45) is 0 Å². The summed E-state index contributed by atoms with van der Waals surface area (Å²) in [5, 5.41) is 0. The Morgan fingerprint density at radius 2 is 0.806 bits per heavy atom. The fraction of sp³-hybridized carbons (Fsp3) is 0. The molecule has 0 fully saturated rings. The Kier molecular flexibility index (Phi) is 10.9. The summed E-state index contributed by atoms with van der Waals surface area (Å²) in [6.07, 6.45) is 0. The van der Waals surface area contributed by atoms with Crippen LogP contribution in [-0.4, -0.2) is 14.7 Å². The van der Waals surface area contributed by atoms with Crippen LogP contribution >= 0.6 is 31.3 Å². The maximum Gasteiger partial charge on any atom is 0.597 e. The van der Waals surface area contributed by atoms with Gasteiger partial charge in [0.25, 0.3) is 0 Å². The molecule has 3 rings (SSSR count). The first-order valence-electron chi connectivity index (χ1n) is 9.32. The van der Waals surface area contributed by atoms with Crippen LogP contribution in [0.15, 0.2) is 91.0 Å². The van der Waals surface area contributed by atoms with Gasteiger partial charge in [-0.3, -0.25) is 0 Å². The summed E-state index contributed by atoms with van der Waals surface area (Å²) in [6, 6.07) is 21.5. The van der Waals surface area contributed by atoms with E-state index in [2.05, 4.69) is 8.62 Å². The number of rotatable bonds is 12. The summed E-state index contributed by atoms with van der Waals surface area (Å²) in [7, 11) is -22.0. The first-order chi connectivity index (χ1) is 16.4. The fourth-order valence-electron chi connectivity index (χ4n) is 2.33. The average Bonchev–Trinajstić information content (AvgIpc) is 2.72. The summed E-state index contributed by atoms with van der Waals surface area (Å²) < 4.78 is 78.7. The molecule has 0 bridgehead atoms. The minimum atomic E-state index is -5.83. The van der Waals surface area contributed by atoms with Gasteiger partial charge in [0.15, 0.2) is 0 Å². The summed E-state index contributed by atoms with van der Waals surface area (Å²) in [5.74, 6) is -0.439. The zero-order valence-corrected chi connectivity index (χ0v) is 22.8. The summed E-state index contributed by atoms with van der Waals surface area (Å²) >= 11 is 0. The Morgan fingerprint density at radius 3 is 1.14 bits per heavy atom. The predicted octanol–water partition coefficient (Wildman–Crippen LogP) is 5.68. The van der Waals surface area contributed by atoms with E-state index < -0.39 is 31.3 Å². The van der Waals surface area contributed by atoms with Crippen molar-refractivity contribution in [1.29, 1.82) is 0 Å². The van der Waals surface area contributed by atoms with Crippen LogP contribution in [0.2, 0.25) is 0 Å². The molecule has 18 heteroatoms. The summed E-state index contributed by atoms with van der Waals surface area (Å²) in [4.78, 5) is 27.5. The van der Waals surface area contributed by atoms with Crippen LogP contribution < -0.4 is 13.6 Å². The Balaban J connectivity index is 0.00000456. The molecule has 0 amide bonds. The van der Waals surface area contributed by atoms with E-state index in [-0.39, 0.29) is 37.7 Å². The number of benzene rings is 3. The van der Waals surface area contributed by atoms with Crippen molar-refractivity contribution in [2.75, 3.05) is 0 Å². The molecule has 198 valence electrons. The van der Waals surface area contributed by atoms with Gasteiger partial charge in [0.05, 0.1) is 0 Å². The van der Waals surface area contributed by atoms with Crippen LogP contribution in [0, 0.1) is 0 Å². The van der Waals surface area contributed by atoms with E-state index in [1.165, 1.54) is 72.8 Å². The standard InChI is InChI=1S/C18H18O13P4.Pd/c19-32(20,21)29-33(22,23)30-35(25,28-18-14-8-3-9-15-18)31-34(24,26-16-10-4-1-5-11-16)27-17-12-6-2-7-13-17;/h1-15H,(H,22,23)(H2,19,20,21);. The molecule has 0 aliphatic carbocycles. The van der Waals surface area contributed by atoms with Crippen molar-refractivity contribution in [1.82, 2.24) is 0 Å². The van der Waals surface area contributed by atoms with Crippen molar-refractivity contribution in [3.05, 3.63) is 91.0 Å². The molecule has 36 heavy (non-hydrogen) atoms. The second kappa shape index (κ2) is 12.8. The molecule has 0 spiro atoms. The number of hydrogen-bond donors (Lipinski definition) is 3. The first kappa shape index (κ1) is 30.6. The van der Waals surface area contributed by atoms with Gasteiger partial charge in [0, 0.05) is 20.4 Å². The van der Waals surface area contributed by atoms with Gasteiger partial charge >= 0.3 is 31.3 Å². The Labute approximate surface area is 219 Å². The SMILES string of the molecule is O=P(O)(O)OP(=O)(O)OP(=O)(Oc1ccccc1)OP(=O)(Oc1ccccc1)Oc1ccccc1.[Pd]. The predicted molar refractivity (Wildman–Crippen MR) is 122 cm³/mol. The van der Waals surface area contributed by atoms with Crippen LogP contribution in [0.25, 0.3) is 0 Å². The Bertz CT molecular complexity index is 1260. The maximum atomic E-state index is 13.6. The number of phosphoric ester groups is 1. The van der Waals surface area contributed by atoms with E-state index in [4.69, 9.17) is 27.7 Å². The molecule has 0 aromatic heterocycles. The van der Waals surface area contributed by atoms with E-state index in [0.29, 0.717) is 0 Å². The van der Waals surface area contributed by atoms with E-state index in [1.54, 1.807) is 18.2 Å². The molecule has 0 aliphatic heterocycles. The van der Waals surface area contributed by atoms with Gasteiger partial charge in [-0.1, -0.05) is 54.6 Å². The molecule has 13 nitrogen and oxygen atoms in total. The van der Waals surface area contributed by atoms with Crippen LogP contribution in [0.4, 0.5) is 0 Å². The van der Waals surface area contributed by atoms with E-state index in [1.807, 2.05) is 0 Å². The molecule has 0 saturated carbocycles. The average molecular weight is 673 g/mol. The van der Waals surface area contributed by atoms with Crippen LogP contribution in [0.1, 0.15) is 0 Å². The van der Waals surface area contributed by atoms with Gasteiger partial charge in [0.2, 0.25) is 0 Å². The van der Waals surface area contributed by atoms with Crippen molar-refractivity contribution in [2.45, 2.75) is 0 Å². The minimum absolute atomic E-state index is 0. The normalized spacial score (nSPS) is 15.0. The van der Waals surface area contributed by atoms with Crippen LogP contribution in [0.3, 0.4) is 0 Å². The number of phosphoric acid groups is 4. The maximum absolute atomic E-state index is 13.6. The zero-order valence-electron chi connectivity index (χ0n) is 17.7. The molecule has 0 saturated heterocycles. The Morgan fingerprint density at radius 1 is 0.472 bits per heavy atom. The monoisotopic (exact) mass is 672 g/mol. The molecular weight excluding hydrogens is 655 g/mol. The third-order valence-corrected chi connectivity index (χ3v) is 9.70. The van der Waals surface area contributed by atoms with Gasteiger partial charge in [-0.2, -0.15) is 12.9 Å². The molecule has 2 atom stereocenters. The van der Waals surface area contributed by atoms with Gasteiger partial charge < -0.3 is 28.3 Å². The van der Waals surface area contributed by atoms with Gasteiger partial charge in [-0.15, -0.1) is 0 Å². The summed E-state index contributed by atoms with van der Waals surface area (Å²) in [6.45, 7) is 0. The molecule has 0 radical (unpaired) electrons. The molecule has 2 unspecified atom stereocenters. The molecule has 0 heterocycles. The topological polar surface area (TPSA) is 184 Å². The fourth-order valence-corrected chi connectivity index (χ4v) is 7.88. The van der Waals surface area contributed by atoms with Crippen molar-refractivity contribution >= 4 is 31.3 Å². The molecule has 3 aromatic carbocycles. The second-order valence-electron chi connectivity index (χ2n) is 6.31. The zero-order chi connectivity index (χ0) is 25.6. The third-order valence-electron chi connectivity index (χ3n) is 3.49. The number of hydrogen-bond acceptors (Lipinski definition) is 10. The van der Waals surface area contributed by atoms with Crippen LogP contribution in [0.5, 0.6) is 17.2 Å². The second-order valence-corrected chi connectivity index (χ2v) is 12.5. The Hall–Kier alpha value is -1.60. The largest absolute Gasteiger partial charge is 0.597 e. The van der Waals surface area contributed by atoms with Crippen molar-refractivity contribution < 1.29 is 79.9 Å². The smallest absolute Gasteiger partial charge is 0.403 e. The molecule has 0 aliphatic rings. The molecular formula is C18H18O13P4Pd. The van der Waals surface area contributed by atoms with Crippen LogP contribution in [-0.2, 0) is 51.6 Å². The number of para-hydroxylation sites is 3. The van der Waals surface area contributed by atoms with Gasteiger partial charge in [0.1, 0.15) is 17.2 Å². The molecule has 3 N–H and O–H groups in total. The van der Waals surface area contributed by atoms with Crippen molar-refractivity contribution in [3.8, 4) is 17.2 Å². The summed E-state index contributed by atoms with van der Waals surface area (Å²) in [5.41, 5.74) is 0.